The molecule has 0 aliphatic carbocycles. The maximum Gasteiger partial charge on any atom is 0.266 e. The molecule has 100 valence electrons. The molecule has 0 amide bonds. The molecule has 0 N–H and O–H groups in total. The van der Waals surface area contributed by atoms with Gasteiger partial charge in [0.15, 0.2) is 0 Å². The maximum absolute atomic E-state index is 13.4. The highest BCUT2D eigenvalue weighted by Gasteiger charge is 2.18. The molecule has 19 heavy (non-hydrogen) atoms. The second-order valence-electron chi connectivity index (χ2n) is 3.88. The van der Waals surface area contributed by atoms with Gasteiger partial charge in [-0.1, -0.05) is 6.07 Å². The Morgan fingerprint density at radius 2 is 2.00 bits per heavy atom. The molecular formula is C13H9BrF3NO. The first-order valence-corrected chi connectivity index (χ1v) is 6.14. The van der Waals surface area contributed by atoms with Crippen LogP contribution >= 0.6 is 15.9 Å². The third-order valence-electron chi connectivity index (χ3n) is 2.37. The van der Waals surface area contributed by atoms with Gasteiger partial charge >= 0.3 is 0 Å². The summed E-state index contributed by atoms with van der Waals surface area (Å²) in [5, 5.41) is 0. The molecule has 0 saturated carbocycles. The summed E-state index contributed by atoms with van der Waals surface area (Å²) in [6.07, 6.45) is -1.33. The fourth-order valence-electron chi connectivity index (χ4n) is 1.44. The minimum Gasteiger partial charge on any atom is -0.439 e. The van der Waals surface area contributed by atoms with Gasteiger partial charge in [0, 0.05) is 12.3 Å². The van der Waals surface area contributed by atoms with Crippen molar-refractivity contribution in [2.75, 3.05) is 0 Å². The predicted molar refractivity (Wildman–Crippen MR) is 68.1 cm³/mol. The third kappa shape index (κ3) is 3.26. The van der Waals surface area contributed by atoms with E-state index in [1.54, 1.807) is 18.3 Å². The van der Waals surface area contributed by atoms with Gasteiger partial charge in [-0.25, -0.2) is 18.2 Å². The third-order valence-corrected chi connectivity index (χ3v) is 2.95. The van der Waals surface area contributed by atoms with Crippen LogP contribution in [0.5, 0.6) is 11.6 Å². The van der Waals surface area contributed by atoms with Gasteiger partial charge in [0.25, 0.3) is 6.43 Å². The maximum atomic E-state index is 13.4. The van der Waals surface area contributed by atoms with Crippen LogP contribution in [-0.4, -0.2) is 4.98 Å². The molecule has 2 nitrogen and oxygen atoms in total. The lowest BCUT2D eigenvalue weighted by atomic mass is 10.2. The number of nitrogens with zero attached hydrogens (tertiary/aromatic N) is 1. The molecule has 0 saturated heterocycles. The fraction of sp³-hybridized carbons (Fsp3) is 0.154. The van der Waals surface area contributed by atoms with E-state index < -0.39 is 17.8 Å². The Balaban J connectivity index is 2.33. The highest BCUT2D eigenvalue weighted by atomic mass is 79.9. The number of pyridine rings is 1. The summed E-state index contributed by atoms with van der Waals surface area (Å²) in [5.74, 6) is -0.636. The Kier molecular flexibility index (Phi) is 4.09. The molecule has 1 heterocycles. The van der Waals surface area contributed by atoms with E-state index in [1.165, 1.54) is 6.07 Å². The Hall–Kier alpha value is -1.56. The van der Waals surface area contributed by atoms with Gasteiger partial charge < -0.3 is 4.74 Å². The summed E-state index contributed by atoms with van der Waals surface area (Å²) in [6.45, 7) is 1.86. The van der Waals surface area contributed by atoms with E-state index in [4.69, 9.17) is 4.74 Å². The number of rotatable bonds is 3. The summed E-state index contributed by atoms with van der Waals surface area (Å²) in [7, 11) is 0. The van der Waals surface area contributed by atoms with E-state index in [0.29, 0.717) is 0 Å². The number of aromatic nitrogens is 1. The van der Waals surface area contributed by atoms with Crippen LogP contribution in [0.3, 0.4) is 0 Å². The van der Waals surface area contributed by atoms with Crippen LogP contribution in [0.4, 0.5) is 13.2 Å². The Morgan fingerprint density at radius 1 is 1.26 bits per heavy atom. The van der Waals surface area contributed by atoms with E-state index >= 15 is 0 Å². The lowest BCUT2D eigenvalue weighted by Gasteiger charge is -2.09. The van der Waals surface area contributed by atoms with Crippen molar-refractivity contribution >= 4 is 15.9 Å². The molecule has 2 aromatic rings. The van der Waals surface area contributed by atoms with E-state index in [-0.39, 0.29) is 16.1 Å². The quantitative estimate of drug-likeness (QED) is 0.787. The first-order valence-electron chi connectivity index (χ1n) is 5.35. The number of aryl methyl sites for hydroxylation is 1. The smallest absolute Gasteiger partial charge is 0.266 e. The Morgan fingerprint density at radius 3 is 2.58 bits per heavy atom. The number of ether oxygens (including phenoxy) is 1. The molecule has 2 rings (SSSR count). The number of benzene rings is 1. The van der Waals surface area contributed by atoms with Gasteiger partial charge in [0.1, 0.15) is 11.6 Å². The summed E-state index contributed by atoms with van der Waals surface area (Å²) >= 11 is 2.88. The molecule has 0 atom stereocenters. The molecule has 0 spiro atoms. The van der Waals surface area contributed by atoms with Crippen molar-refractivity contribution in [3.63, 3.8) is 0 Å². The zero-order chi connectivity index (χ0) is 14.0. The lowest BCUT2D eigenvalue weighted by Crippen LogP contribution is -1.95. The molecular weight excluding hydrogens is 323 g/mol. The Bertz CT molecular complexity index is 587. The predicted octanol–water partition coefficient (Wildman–Crippen LogP) is 5.02. The van der Waals surface area contributed by atoms with Crippen LogP contribution in [0, 0.1) is 12.7 Å². The average molecular weight is 332 g/mol. The minimum absolute atomic E-state index is 0.0765. The van der Waals surface area contributed by atoms with Gasteiger partial charge in [-0.3, -0.25) is 0 Å². The largest absolute Gasteiger partial charge is 0.439 e. The molecule has 6 heteroatoms. The highest BCUT2D eigenvalue weighted by Crippen LogP contribution is 2.33. The topological polar surface area (TPSA) is 22.1 Å². The molecule has 1 aromatic heterocycles. The molecule has 0 bridgehead atoms. The van der Waals surface area contributed by atoms with Crippen molar-refractivity contribution in [1.82, 2.24) is 4.98 Å². The first kappa shape index (κ1) is 13.9. The average Bonchev–Trinajstić information content (AvgIpc) is 2.36. The van der Waals surface area contributed by atoms with Crippen LogP contribution in [0.25, 0.3) is 0 Å². The molecule has 0 radical (unpaired) electrons. The first-order chi connectivity index (χ1) is 8.97. The van der Waals surface area contributed by atoms with Crippen molar-refractivity contribution in [1.29, 1.82) is 0 Å². The van der Waals surface area contributed by atoms with Crippen molar-refractivity contribution in [2.45, 2.75) is 13.3 Å². The van der Waals surface area contributed by atoms with Gasteiger partial charge in [-0.15, -0.1) is 0 Å². The minimum atomic E-state index is -2.91. The normalized spacial score (nSPS) is 10.8. The van der Waals surface area contributed by atoms with Crippen LogP contribution in [0.15, 0.2) is 34.9 Å². The second kappa shape index (κ2) is 5.61. The van der Waals surface area contributed by atoms with Gasteiger partial charge in [-0.05, 0) is 40.5 Å². The van der Waals surface area contributed by atoms with Crippen LogP contribution in [-0.2, 0) is 0 Å². The summed E-state index contributed by atoms with van der Waals surface area (Å²) in [6, 6.07) is 5.62. The summed E-state index contributed by atoms with van der Waals surface area (Å²) < 4.78 is 44.0. The molecule has 0 aliphatic rings. The number of hydrogen-bond acceptors (Lipinski definition) is 2. The molecule has 0 aliphatic heterocycles. The van der Waals surface area contributed by atoms with Crippen LogP contribution in [0.1, 0.15) is 17.6 Å². The number of halogens is 4. The molecule has 1 aromatic carbocycles. The van der Waals surface area contributed by atoms with Crippen molar-refractivity contribution < 1.29 is 17.9 Å². The van der Waals surface area contributed by atoms with E-state index in [9.17, 15) is 13.2 Å². The number of alkyl halides is 2. The van der Waals surface area contributed by atoms with Gasteiger partial charge in [-0.2, -0.15) is 0 Å². The van der Waals surface area contributed by atoms with Crippen LogP contribution < -0.4 is 4.74 Å². The van der Waals surface area contributed by atoms with E-state index in [0.717, 1.165) is 11.6 Å². The highest BCUT2D eigenvalue weighted by molar-refractivity contribution is 9.10. The monoisotopic (exact) mass is 331 g/mol. The van der Waals surface area contributed by atoms with E-state index in [1.807, 2.05) is 6.92 Å². The summed E-state index contributed by atoms with van der Waals surface area (Å²) in [4.78, 5) is 3.98. The fourth-order valence-corrected chi connectivity index (χ4v) is 1.89. The van der Waals surface area contributed by atoms with E-state index in [2.05, 4.69) is 20.9 Å². The summed E-state index contributed by atoms with van der Waals surface area (Å²) in [5.41, 5.74) is 0.234. The zero-order valence-electron chi connectivity index (χ0n) is 9.83. The zero-order valence-corrected chi connectivity index (χ0v) is 11.4. The van der Waals surface area contributed by atoms with Crippen molar-refractivity contribution in [2.24, 2.45) is 0 Å². The van der Waals surface area contributed by atoms with Gasteiger partial charge in [0.2, 0.25) is 5.88 Å². The molecule has 0 unspecified atom stereocenters. The molecule has 0 fully saturated rings. The standard InChI is InChI=1S/C13H9BrF3NO/c1-7-2-3-11(18-6-7)19-8-4-9(13(16)17)12(15)10(14)5-8/h2-6,13H,1H3. The van der Waals surface area contributed by atoms with Gasteiger partial charge in [0.05, 0.1) is 10.0 Å². The Labute approximate surface area is 116 Å². The SMILES string of the molecule is Cc1ccc(Oc2cc(Br)c(F)c(C(F)F)c2)nc1. The lowest BCUT2D eigenvalue weighted by molar-refractivity contribution is 0.145. The van der Waals surface area contributed by atoms with Crippen LogP contribution in [0.2, 0.25) is 0 Å². The second-order valence-corrected chi connectivity index (χ2v) is 4.74. The number of hydrogen-bond donors (Lipinski definition) is 0. The van der Waals surface area contributed by atoms with Crippen molar-refractivity contribution in [3.8, 4) is 11.6 Å². The van der Waals surface area contributed by atoms with Crippen molar-refractivity contribution in [3.05, 3.63) is 51.9 Å².